The summed E-state index contributed by atoms with van der Waals surface area (Å²) in [5.74, 6) is -1.03. The van der Waals surface area contributed by atoms with Gasteiger partial charge >= 0.3 is 0 Å². The van der Waals surface area contributed by atoms with Crippen LogP contribution in [0.5, 0.6) is 0 Å². The zero-order chi connectivity index (χ0) is 33.8. The molecule has 4 heterocycles. The molecule has 1 unspecified atom stereocenters. The summed E-state index contributed by atoms with van der Waals surface area (Å²) in [5.41, 5.74) is 3.58. The molecule has 0 radical (unpaired) electrons. The Bertz CT molecular complexity index is 2410. The van der Waals surface area contributed by atoms with Gasteiger partial charge in [-0.3, -0.25) is 9.10 Å². The maximum atomic E-state index is 13.8. The van der Waals surface area contributed by atoms with Gasteiger partial charge in [-0.25, -0.2) is 26.2 Å². The average Bonchev–Trinajstić information content (AvgIpc) is 3.76. The molecule has 3 aromatic heterocycles. The summed E-state index contributed by atoms with van der Waals surface area (Å²) in [6, 6.07) is 19.3. The Morgan fingerprint density at radius 3 is 2.46 bits per heavy atom. The van der Waals surface area contributed by atoms with Gasteiger partial charge in [-0.15, -0.1) is 0 Å². The van der Waals surface area contributed by atoms with Gasteiger partial charge in [0.05, 0.1) is 29.0 Å². The van der Waals surface area contributed by atoms with Crippen LogP contribution in [0, 0.1) is 11.7 Å². The van der Waals surface area contributed by atoms with E-state index >= 15 is 0 Å². The second kappa shape index (κ2) is 11.9. The molecule has 3 aromatic carbocycles. The minimum atomic E-state index is -3.97. The normalized spacial score (nSPS) is 16.0. The van der Waals surface area contributed by atoms with Crippen molar-refractivity contribution in [3.63, 3.8) is 0 Å². The van der Waals surface area contributed by atoms with Crippen molar-refractivity contribution in [2.75, 3.05) is 35.7 Å². The molecule has 14 heteroatoms. The number of amides is 1. The molecule has 0 spiro atoms. The molecule has 1 N–H and O–H groups in total. The summed E-state index contributed by atoms with van der Waals surface area (Å²) in [7, 11) is -5.78. The Balaban J connectivity index is 1.47. The third-order valence-corrected chi connectivity index (χ3v) is 11.4. The van der Waals surface area contributed by atoms with Crippen LogP contribution in [-0.2, 0) is 19.9 Å². The van der Waals surface area contributed by atoms with Gasteiger partial charge in [0.2, 0.25) is 15.9 Å². The Morgan fingerprint density at radius 2 is 1.77 bits per heavy atom. The maximum absolute atomic E-state index is 13.8. The number of rotatable bonds is 8. The molecular formula is C34H29FN4O7S2. The number of hydrogen-bond acceptors (Lipinski definition) is 9. The van der Waals surface area contributed by atoms with Crippen LogP contribution >= 0.6 is 0 Å². The molecule has 1 fully saturated rings. The molecule has 7 rings (SSSR count). The fourth-order valence-corrected chi connectivity index (χ4v) is 8.94. The number of sulfone groups is 1. The van der Waals surface area contributed by atoms with Gasteiger partial charge in [0.1, 0.15) is 17.2 Å². The highest BCUT2D eigenvalue weighted by Crippen LogP contribution is 2.43. The highest BCUT2D eigenvalue weighted by Gasteiger charge is 2.34. The van der Waals surface area contributed by atoms with E-state index in [1.165, 1.54) is 35.6 Å². The Kier molecular flexibility index (Phi) is 7.79. The lowest BCUT2D eigenvalue weighted by atomic mass is 9.97. The van der Waals surface area contributed by atoms with Crippen molar-refractivity contribution in [2.24, 2.45) is 5.92 Å². The topological polar surface area (TPSA) is 153 Å². The highest BCUT2D eigenvalue weighted by molar-refractivity contribution is 7.92. The molecule has 0 bridgehead atoms. The molecule has 48 heavy (non-hydrogen) atoms. The largest absolute Gasteiger partial charge is 0.455 e. The van der Waals surface area contributed by atoms with Gasteiger partial charge in [0.15, 0.2) is 21.1 Å². The van der Waals surface area contributed by atoms with Gasteiger partial charge < -0.3 is 14.2 Å². The Morgan fingerprint density at radius 1 is 1.00 bits per heavy atom. The first-order chi connectivity index (χ1) is 22.9. The van der Waals surface area contributed by atoms with E-state index in [-0.39, 0.29) is 40.6 Å². The number of sulfonamides is 1. The number of fused-ring (bicyclic) bond motifs is 2. The number of anilines is 1. The standard InChI is InChI=1S/C34H29FN4O7S2/c1-36-33(40)30-26-16-25(22-5-3-6-23(15-22)34-38-32-28(46-34)7-4-13-37-32)27(17-29(26)45-31(30)21-8-10-24(35)11-9-21)39(47(2,41)42)18-20-12-14-48(43,44)19-20/h3-11,13,15-17,20H,12,14,18-19H2,1-2H3,(H,36,40). The van der Waals surface area contributed by atoms with Crippen LogP contribution in [0.1, 0.15) is 16.8 Å². The van der Waals surface area contributed by atoms with Gasteiger partial charge in [0.25, 0.3) is 5.91 Å². The first kappa shape index (κ1) is 31.5. The van der Waals surface area contributed by atoms with Crippen LogP contribution < -0.4 is 9.62 Å². The number of carbonyl (C=O) groups is 1. The molecular weight excluding hydrogens is 660 g/mol. The third-order valence-electron chi connectivity index (χ3n) is 8.37. The van der Waals surface area contributed by atoms with Crippen LogP contribution in [0.2, 0.25) is 0 Å². The number of halogens is 1. The SMILES string of the molecule is CNC(=O)c1c(-c2ccc(F)cc2)oc2cc(N(CC3CCS(=O)(=O)C3)S(C)(=O)=O)c(-c3cccc(-c4nc5ncccc5o4)c3)cc12. The zero-order valence-electron chi connectivity index (χ0n) is 25.8. The number of pyridine rings is 1. The minimum absolute atomic E-state index is 0.0166. The van der Waals surface area contributed by atoms with E-state index in [1.54, 1.807) is 54.7 Å². The van der Waals surface area contributed by atoms with Crippen LogP contribution in [0.15, 0.2) is 87.8 Å². The van der Waals surface area contributed by atoms with E-state index < -0.39 is 37.5 Å². The molecule has 1 amide bonds. The minimum Gasteiger partial charge on any atom is -0.455 e. The molecule has 1 aliphatic rings. The third kappa shape index (κ3) is 5.92. The fourth-order valence-electron chi connectivity index (χ4n) is 6.10. The van der Waals surface area contributed by atoms with E-state index in [0.29, 0.717) is 51.2 Å². The molecule has 6 aromatic rings. The summed E-state index contributed by atoms with van der Waals surface area (Å²) in [6.45, 7) is -0.0825. The molecule has 0 saturated carbocycles. The van der Waals surface area contributed by atoms with Gasteiger partial charge in [-0.1, -0.05) is 12.1 Å². The summed E-state index contributed by atoms with van der Waals surface area (Å²) in [5, 5.41) is 3.03. The number of carbonyl (C=O) groups excluding carboxylic acids is 1. The van der Waals surface area contributed by atoms with Crippen LogP contribution in [0.25, 0.3) is 56.1 Å². The number of aromatic nitrogens is 2. The van der Waals surface area contributed by atoms with Gasteiger partial charge in [-0.05, 0) is 72.5 Å². The van der Waals surface area contributed by atoms with E-state index in [2.05, 4.69) is 15.3 Å². The van der Waals surface area contributed by atoms with Crippen molar-refractivity contribution in [3.8, 4) is 33.9 Å². The maximum Gasteiger partial charge on any atom is 0.255 e. The molecule has 0 aliphatic carbocycles. The molecule has 1 aliphatic heterocycles. The second-order valence-electron chi connectivity index (χ2n) is 11.7. The van der Waals surface area contributed by atoms with Crippen LogP contribution in [0.3, 0.4) is 0 Å². The monoisotopic (exact) mass is 688 g/mol. The van der Waals surface area contributed by atoms with Crippen molar-refractivity contribution in [1.82, 2.24) is 15.3 Å². The van der Waals surface area contributed by atoms with Gasteiger partial charge in [-0.2, -0.15) is 4.98 Å². The Hall–Kier alpha value is -5.08. The van der Waals surface area contributed by atoms with E-state index in [9.17, 15) is 26.0 Å². The van der Waals surface area contributed by atoms with Crippen LogP contribution in [0.4, 0.5) is 10.1 Å². The lowest BCUT2D eigenvalue weighted by Crippen LogP contribution is -2.35. The van der Waals surface area contributed by atoms with E-state index in [1.807, 2.05) is 0 Å². The summed E-state index contributed by atoms with van der Waals surface area (Å²) < 4.78 is 78.9. The van der Waals surface area contributed by atoms with Crippen molar-refractivity contribution in [1.29, 1.82) is 0 Å². The number of nitrogens with zero attached hydrogens (tertiary/aromatic N) is 3. The molecule has 1 saturated heterocycles. The number of benzene rings is 3. The second-order valence-corrected chi connectivity index (χ2v) is 15.9. The average molecular weight is 689 g/mol. The summed E-state index contributed by atoms with van der Waals surface area (Å²) >= 11 is 0. The zero-order valence-corrected chi connectivity index (χ0v) is 27.4. The first-order valence-electron chi connectivity index (χ1n) is 15.0. The predicted molar refractivity (Wildman–Crippen MR) is 180 cm³/mol. The fraction of sp³-hybridized carbons (Fsp3) is 0.206. The first-order valence-corrected chi connectivity index (χ1v) is 18.7. The number of oxazole rings is 1. The molecule has 246 valence electrons. The van der Waals surface area contributed by atoms with Gasteiger partial charge in [0, 0.05) is 47.9 Å². The lowest BCUT2D eigenvalue weighted by Gasteiger charge is -2.27. The number of furan rings is 1. The summed E-state index contributed by atoms with van der Waals surface area (Å²) in [6.07, 6.45) is 2.99. The van der Waals surface area contributed by atoms with Crippen molar-refractivity contribution >= 4 is 53.7 Å². The quantitative estimate of drug-likeness (QED) is 0.213. The smallest absolute Gasteiger partial charge is 0.255 e. The number of nitrogens with one attached hydrogen (secondary N) is 1. The molecule has 1 atom stereocenters. The number of hydrogen-bond donors (Lipinski definition) is 1. The lowest BCUT2D eigenvalue weighted by molar-refractivity contribution is 0.0964. The Labute approximate surface area is 275 Å². The van der Waals surface area contributed by atoms with E-state index in [4.69, 9.17) is 8.83 Å². The van der Waals surface area contributed by atoms with Crippen LogP contribution in [-0.4, -0.2) is 64.1 Å². The highest BCUT2D eigenvalue weighted by atomic mass is 32.2. The summed E-state index contributed by atoms with van der Waals surface area (Å²) in [4.78, 5) is 22.1. The van der Waals surface area contributed by atoms with Crippen molar-refractivity contribution in [3.05, 3.63) is 90.4 Å². The molecule has 11 nitrogen and oxygen atoms in total. The van der Waals surface area contributed by atoms with E-state index in [0.717, 1.165) is 6.26 Å². The van der Waals surface area contributed by atoms with Crippen molar-refractivity contribution in [2.45, 2.75) is 6.42 Å². The predicted octanol–water partition coefficient (Wildman–Crippen LogP) is 5.67. The van der Waals surface area contributed by atoms with Crippen molar-refractivity contribution < 1.29 is 34.9 Å².